The first-order valence-electron chi connectivity index (χ1n) is 4.35. The lowest BCUT2D eigenvalue weighted by Crippen LogP contribution is -2.03. The summed E-state index contributed by atoms with van der Waals surface area (Å²) in [5, 5.41) is 0. The van der Waals surface area contributed by atoms with Gasteiger partial charge in [-0.15, -0.1) is 0 Å². The van der Waals surface area contributed by atoms with E-state index in [1.165, 1.54) is 24.3 Å². The number of ketones is 1. The average molecular weight is 212 g/mol. The fraction of sp³-hybridized carbons (Fsp3) is 0.182. The van der Waals surface area contributed by atoms with Gasteiger partial charge >= 0.3 is 6.61 Å². The molecule has 0 bridgehead atoms. The molecular formula is C11H10F2O2. The second kappa shape index (κ2) is 5.24. The van der Waals surface area contributed by atoms with Gasteiger partial charge in [0.2, 0.25) is 0 Å². The summed E-state index contributed by atoms with van der Waals surface area (Å²) in [6.07, 6.45) is 2.95. The molecular weight excluding hydrogens is 202 g/mol. The van der Waals surface area contributed by atoms with Gasteiger partial charge in [-0.1, -0.05) is 18.2 Å². The lowest BCUT2D eigenvalue weighted by molar-refractivity contribution is -0.0498. The topological polar surface area (TPSA) is 26.3 Å². The van der Waals surface area contributed by atoms with Crippen molar-refractivity contribution in [1.29, 1.82) is 0 Å². The molecule has 2 nitrogen and oxygen atoms in total. The summed E-state index contributed by atoms with van der Waals surface area (Å²) in [7, 11) is 0. The summed E-state index contributed by atoms with van der Waals surface area (Å²) in [4.78, 5) is 11.4. The lowest BCUT2D eigenvalue weighted by Gasteiger charge is -2.04. The van der Waals surface area contributed by atoms with Gasteiger partial charge < -0.3 is 4.74 Å². The van der Waals surface area contributed by atoms with E-state index in [9.17, 15) is 13.6 Å². The number of hydrogen-bond acceptors (Lipinski definition) is 2. The molecule has 0 heterocycles. The molecule has 0 saturated carbocycles. The maximum Gasteiger partial charge on any atom is 0.387 e. The van der Waals surface area contributed by atoms with E-state index in [4.69, 9.17) is 0 Å². The molecule has 0 aliphatic heterocycles. The molecule has 1 aromatic rings. The summed E-state index contributed by atoms with van der Waals surface area (Å²) in [6.45, 7) is -1.17. The average Bonchev–Trinajstić information content (AvgIpc) is 2.17. The zero-order chi connectivity index (χ0) is 11.3. The standard InChI is InChI=1S/C11H10F2O2/c1-2-4-10(14)8-5-3-6-9(7-8)15-11(12)13/h2-7,11H,1H3. The van der Waals surface area contributed by atoms with Gasteiger partial charge in [-0.2, -0.15) is 8.78 Å². The molecule has 0 N–H and O–H groups in total. The molecule has 0 spiro atoms. The Morgan fingerprint density at radius 3 is 2.80 bits per heavy atom. The first kappa shape index (κ1) is 11.4. The van der Waals surface area contributed by atoms with Crippen molar-refractivity contribution < 1.29 is 18.3 Å². The first-order valence-corrected chi connectivity index (χ1v) is 4.35. The molecule has 0 fully saturated rings. The smallest absolute Gasteiger partial charge is 0.387 e. The molecule has 0 radical (unpaired) electrons. The molecule has 1 aromatic carbocycles. The molecule has 0 atom stereocenters. The van der Waals surface area contributed by atoms with Crippen molar-refractivity contribution in [3.05, 3.63) is 42.0 Å². The second-order valence-electron chi connectivity index (χ2n) is 2.77. The zero-order valence-electron chi connectivity index (χ0n) is 8.11. The van der Waals surface area contributed by atoms with Crippen LogP contribution in [0.4, 0.5) is 8.78 Å². The molecule has 0 aliphatic rings. The van der Waals surface area contributed by atoms with Gasteiger partial charge in [0.15, 0.2) is 5.78 Å². The van der Waals surface area contributed by atoms with Crippen LogP contribution >= 0.6 is 0 Å². The van der Waals surface area contributed by atoms with Crippen LogP contribution in [0.2, 0.25) is 0 Å². The Hall–Kier alpha value is -1.71. The molecule has 1 rings (SSSR count). The van der Waals surface area contributed by atoms with E-state index in [1.54, 1.807) is 19.1 Å². The van der Waals surface area contributed by atoms with Crippen LogP contribution in [-0.2, 0) is 0 Å². The number of ether oxygens (including phenoxy) is 1. The van der Waals surface area contributed by atoms with Crippen molar-refractivity contribution in [2.24, 2.45) is 0 Å². The summed E-state index contributed by atoms with van der Waals surface area (Å²) in [6, 6.07) is 5.70. The number of alkyl halides is 2. The first-order chi connectivity index (χ1) is 7.13. The van der Waals surface area contributed by atoms with Crippen LogP contribution < -0.4 is 4.74 Å². The number of carbonyl (C=O) groups is 1. The number of carbonyl (C=O) groups excluding carboxylic acids is 1. The highest BCUT2D eigenvalue weighted by atomic mass is 19.3. The molecule has 15 heavy (non-hydrogen) atoms. The molecule has 0 aromatic heterocycles. The fourth-order valence-corrected chi connectivity index (χ4v) is 1.07. The van der Waals surface area contributed by atoms with Gasteiger partial charge in [0.25, 0.3) is 0 Å². The van der Waals surface area contributed by atoms with Gasteiger partial charge in [0.1, 0.15) is 5.75 Å². The quantitative estimate of drug-likeness (QED) is 0.566. The molecule has 0 saturated heterocycles. The molecule has 80 valence electrons. The van der Waals surface area contributed by atoms with Gasteiger partial charge in [-0.05, 0) is 25.1 Å². The number of halogens is 2. The Morgan fingerprint density at radius 1 is 1.47 bits per heavy atom. The maximum atomic E-state index is 11.9. The lowest BCUT2D eigenvalue weighted by atomic mass is 10.1. The van der Waals surface area contributed by atoms with Crippen LogP contribution in [-0.4, -0.2) is 12.4 Å². The Balaban J connectivity index is 2.87. The minimum absolute atomic E-state index is 0.0136. The van der Waals surface area contributed by atoms with Crippen molar-refractivity contribution >= 4 is 5.78 Å². The SMILES string of the molecule is CC=CC(=O)c1cccc(OC(F)F)c1. The molecule has 4 heteroatoms. The van der Waals surface area contributed by atoms with E-state index in [1.807, 2.05) is 0 Å². The number of benzene rings is 1. The number of hydrogen-bond donors (Lipinski definition) is 0. The van der Waals surface area contributed by atoms with Gasteiger partial charge in [-0.25, -0.2) is 0 Å². The number of allylic oxidation sites excluding steroid dienone is 2. The monoisotopic (exact) mass is 212 g/mol. The number of rotatable bonds is 4. The largest absolute Gasteiger partial charge is 0.435 e. The van der Waals surface area contributed by atoms with E-state index in [2.05, 4.69) is 4.74 Å². The highest BCUT2D eigenvalue weighted by Gasteiger charge is 2.06. The third kappa shape index (κ3) is 3.50. The van der Waals surface area contributed by atoms with Crippen molar-refractivity contribution in [1.82, 2.24) is 0 Å². The summed E-state index contributed by atoms with van der Waals surface area (Å²) in [5.74, 6) is -0.252. The van der Waals surface area contributed by atoms with E-state index in [-0.39, 0.29) is 11.5 Å². The van der Waals surface area contributed by atoms with Crippen molar-refractivity contribution in [2.45, 2.75) is 13.5 Å². The normalized spacial score (nSPS) is 10.9. The Labute approximate surface area is 86.2 Å². The van der Waals surface area contributed by atoms with E-state index in [0.717, 1.165) is 0 Å². The third-order valence-corrected chi connectivity index (χ3v) is 1.66. The van der Waals surface area contributed by atoms with Gasteiger partial charge in [0, 0.05) is 5.56 Å². The zero-order valence-corrected chi connectivity index (χ0v) is 8.11. The van der Waals surface area contributed by atoms with Crippen molar-refractivity contribution in [2.75, 3.05) is 0 Å². The van der Waals surface area contributed by atoms with Crippen LogP contribution in [0.25, 0.3) is 0 Å². The van der Waals surface area contributed by atoms with Crippen LogP contribution in [0.5, 0.6) is 5.75 Å². The molecule has 0 amide bonds. The maximum absolute atomic E-state index is 11.9. The van der Waals surface area contributed by atoms with Crippen molar-refractivity contribution in [3.63, 3.8) is 0 Å². The highest BCUT2D eigenvalue weighted by molar-refractivity contribution is 6.04. The Morgan fingerprint density at radius 2 is 2.20 bits per heavy atom. The summed E-state index contributed by atoms with van der Waals surface area (Å²) >= 11 is 0. The van der Waals surface area contributed by atoms with Crippen molar-refractivity contribution in [3.8, 4) is 5.75 Å². The fourth-order valence-electron chi connectivity index (χ4n) is 1.07. The van der Waals surface area contributed by atoms with Crippen LogP contribution in [0.1, 0.15) is 17.3 Å². The van der Waals surface area contributed by atoms with Gasteiger partial charge in [0.05, 0.1) is 0 Å². The van der Waals surface area contributed by atoms with E-state index < -0.39 is 6.61 Å². The second-order valence-corrected chi connectivity index (χ2v) is 2.77. The predicted molar refractivity (Wildman–Crippen MR) is 52.2 cm³/mol. The molecule has 0 aliphatic carbocycles. The summed E-state index contributed by atoms with van der Waals surface area (Å²) in [5.41, 5.74) is 0.325. The highest BCUT2D eigenvalue weighted by Crippen LogP contribution is 2.16. The summed E-state index contributed by atoms with van der Waals surface area (Å²) < 4.78 is 27.9. The van der Waals surface area contributed by atoms with E-state index >= 15 is 0 Å². The predicted octanol–water partition coefficient (Wildman–Crippen LogP) is 3.05. The Kier molecular flexibility index (Phi) is 3.97. The van der Waals surface area contributed by atoms with Crippen LogP contribution in [0.15, 0.2) is 36.4 Å². The van der Waals surface area contributed by atoms with E-state index in [0.29, 0.717) is 5.56 Å². The molecule has 0 unspecified atom stereocenters. The van der Waals surface area contributed by atoms with Crippen LogP contribution in [0.3, 0.4) is 0 Å². The van der Waals surface area contributed by atoms with Gasteiger partial charge in [-0.3, -0.25) is 4.79 Å². The minimum atomic E-state index is -2.88. The minimum Gasteiger partial charge on any atom is -0.435 e. The van der Waals surface area contributed by atoms with Crippen LogP contribution in [0, 0.1) is 0 Å². The Bertz CT molecular complexity index is 373. The third-order valence-electron chi connectivity index (χ3n) is 1.66.